The van der Waals surface area contributed by atoms with Crippen LogP contribution in [-0.2, 0) is 5.41 Å². The average Bonchev–Trinajstić information content (AvgIpc) is 2.13. The third-order valence-electron chi connectivity index (χ3n) is 3.28. The highest BCUT2D eigenvalue weighted by Crippen LogP contribution is 2.53. The van der Waals surface area contributed by atoms with Crippen LogP contribution in [0, 0.1) is 12.7 Å². The first-order valence-electron chi connectivity index (χ1n) is 5.23. The molecule has 0 spiro atoms. The summed E-state index contributed by atoms with van der Waals surface area (Å²) in [6.07, 6.45) is -0.701. The Labute approximate surface area is 92.5 Å². The Hall–Kier alpha value is -1.03. The minimum atomic E-state index is -2.70. The molecule has 1 aliphatic carbocycles. The van der Waals surface area contributed by atoms with Gasteiger partial charge >= 0.3 is 0 Å². The van der Waals surface area contributed by atoms with E-state index in [4.69, 9.17) is 5.73 Å². The van der Waals surface area contributed by atoms with Gasteiger partial charge in [-0.1, -0.05) is 12.1 Å². The molecule has 1 aromatic carbocycles. The molecule has 1 aliphatic rings. The maximum Gasteiger partial charge on any atom is 0.250 e. The van der Waals surface area contributed by atoms with Crippen molar-refractivity contribution < 1.29 is 13.2 Å². The van der Waals surface area contributed by atoms with Crippen LogP contribution in [0.3, 0.4) is 0 Å². The number of halogens is 3. The first-order valence-corrected chi connectivity index (χ1v) is 5.23. The Balaban J connectivity index is 2.36. The van der Waals surface area contributed by atoms with E-state index in [0.717, 1.165) is 5.56 Å². The summed E-state index contributed by atoms with van der Waals surface area (Å²) in [5.74, 6) is -3.13. The zero-order valence-electron chi connectivity index (χ0n) is 9.06. The molecule has 0 amide bonds. The van der Waals surface area contributed by atoms with E-state index in [1.165, 1.54) is 6.07 Å². The van der Waals surface area contributed by atoms with Crippen LogP contribution in [0.1, 0.15) is 24.0 Å². The lowest BCUT2D eigenvalue weighted by molar-refractivity contribution is -0.124. The number of rotatable bonds is 2. The predicted molar refractivity (Wildman–Crippen MR) is 56.1 cm³/mol. The average molecular weight is 229 g/mol. The van der Waals surface area contributed by atoms with Crippen molar-refractivity contribution in [1.29, 1.82) is 0 Å². The number of alkyl halides is 2. The monoisotopic (exact) mass is 229 g/mol. The Morgan fingerprint density at radius 2 is 1.94 bits per heavy atom. The molecule has 16 heavy (non-hydrogen) atoms. The Kier molecular flexibility index (Phi) is 2.49. The van der Waals surface area contributed by atoms with Crippen molar-refractivity contribution in [2.24, 2.45) is 5.73 Å². The molecule has 0 radical (unpaired) electrons. The number of hydrogen-bond acceptors (Lipinski definition) is 1. The SMILES string of the molecule is Cc1ccc(C2(CN)CC(F)(F)C2)c(F)c1. The number of nitrogens with two attached hydrogens (primary N) is 1. The van der Waals surface area contributed by atoms with Gasteiger partial charge in [-0.15, -0.1) is 0 Å². The summed E-state index contributed by atoms with van der Waals surface area (Å²) in [6, 6.07) is 4.67. The van der Waals surface area contributed by atoms with E-state index in [2.05, 4.69) is 0 Å². The molecule has 1 aromatic rings. The second-order valence-electron chi connectivity index (χ2n) is 4.68. The lowest BCUT2D eigenvalue weighted by atomic mass is 9.62. The van der Waals surface area contributed by atoms with Crippen LogP contribution in [-0.4, -0.2) is 12.5 Å². The number of hydrogen-bond donors (Lipinski definition) is 1. The van der Waals surface area contributed by atoms with Crippen molar-refractivity contribution in [3.8, 4) is 0 Å². The highest BCUT2D eigenvalue weighted by Gasteiger charge is 2.57. The molecule has 88 valence electrons. The summed E-state index contributed by atoms with van der Waals surface area (Å²) in [5, 5.41) is 0. The van der Waals surface area contributed by atoms with E-state index in [1.807, 2.05) is 0 Å². The summed E-state index contributed by atoms with van der Waals surface area (Å²) >= 11 is 0. The van der Waals surface area contributed by atoms with Crippen LogP contribution in [0.4, 0.5) is 13.2 Å². The lowest BCUT2D eigenvalue weighted by Gasteiger charge is -2.47. The third-order valence-corrected chi connectivity index (χ3v) is 3.28. The van der Waals surface area contributed by atoms with Gasteiger partial charge in [0.2, 0.25) is 5.92 Å². The molecule has 1 nitrogen and oxygen atoms in total. The molecular formula is C12H14F3N. The molecule has 1 fully saturated rings. The minimum absolute atomic E-state index is 0.0581. The Morgan fingerprint density at radius 3 is 2.38 bits per heavy atom. The maximum atomic E-state index is 13.7. The van der Waals surface area contributed by atoms with Gasteiger partial charge in [0.1, 0.15) is 5.82 Å². The van der Waals surface area contributed by atoms with Crippen molar-refractivity contribution >= 4 is 0 Å². The second kappa shape index (κ2) is 3.48. The molecule has 0 bridgehead atoms. The van der Waals surface area contributed by atoms with Gasteiger partial charge in [0.25, 0.3) is 0 Å². The number of aryl methyl sites for hydroxylation is 1. The second-order valence-corrected chi connectivity index (χ2v) is 4.68. The highest BCUT2D eigenvalue weighted by atomic mass is 19.3. The summed E-state index contributed by atoms with van der Waals surface area (Å²) in [6.45, 7) is 1.82. The van der Waals surface area contributed by atoms with Gasteiger partial charge in [-0.25, -0.2) is 13.2 Å². The number of benzene rings is 1. The molecule has 0 aliphatic heterocycles. The van der Waals surface area contributed by atoms with Crippen molar-refractivity contribution in [1.82, 2.24) is 0 Å². The molecule has 0 aromatic heterocycles. The highest BCUT2D eigenvalue weighted by molar-refractivity contribution is 5.34. The first kappa shape index (κ1) is 11.5. The van der Waals surface area contributed by atoms with Crippen LogP contribution >= 0.6 is 0 Å². The molecule has 2 rings (SSSR count). The molecule has 1 saturated carbocycles. The largest absolute Gasteiger partial charge is 0.330 e. The topological polar surface area (TPSA) is 26.0 Å². The van der Waals surface area contributed by atoms with Gasteiger partial charge in [-0.3, -0.25) is 0 Å². The zero-order chi connectivity index (χ0) is 12.0. The van der Waals surface area contributed by atoms with Crippen molar-refractivity contribution in [2.45, 2.75) is 31.1 Å². The molecule has 0 unspecified atom stereocenters. The van der Waals surface area contributed by atoms with Crippen LogP contribution in [0.2, 0.25) is 0 Å². The zero-order valence-corrected chi connectivity index (χ0v) is 9.06. The van der Waals surface area contributed by atoms with Crippen molar-refractivity contribution in [3.05, 3.63) is 35.1 Å². The molecule has 4 heteroatoms. The fraction of sp³-hybridized carbons (Fsp3) is 0.500. The van der Waals surface area contributed by atoms with Gasteiger partial charge in [-0.2, -0.15) is 0 Å². The van der Waals surface area contributed by atoms with Gasteiger partial charge < -0.3 is 5.73 Å². The van der Waals surface area contributed by atoms with Crippen LogP contribution in [0.5, 0.6) is 0 Å². The standard InChI is InChI=1S/C12H14F3N/c1-8-2-3-9(10(13)4-8)11(7-16)5-12(14,15)6-11/h2-4H,5-7,16H2,1H3. The third kappa shape index (κ3) is 1.71. The first-order chi connectivity index (χ1) is 7.38. The predicted octanol–water partition coefficient (Wildman–Crippen LogP) is 2.76. The normalized spacial score (nSPS) is 21.6. The van der Waals surface area contributed by atoms with E-state index in [9.17, 15) is 13.2 Å². The maximum absolute atomic E-state index is 13.7. The van der Waals surface area contributed by atoms with Crippen LogP contribution in [0.15, 0.2) is 18.2 Å². The van der Waals surface area contributed by atoms with E-state index >= 15 is 0 Å². The summed E-state index contributed by atoms with van der Waals surface area (Å²) in [7, 11) is 0. The summed E-state index contributed by atoms with van der Waals surface area (Å²) < 4.78 is 39.6. The van der Waals surface area contributed by atoms with Gasteiger partial charge in [0.15, 0.2) is 0 Å². The Bertz CT molecular complexity index is 407. The summed E-state index contributed by atoms with van der Waals surface area (Å²) in [4.78, 5) is 0. The van der Waals surface area contributed by atoms with Crippen LogP contribution < -0.4 is 5.73 Å². The van der Waals surface area contributed by atoms with Crippen molar-refractivity contribution in [2.75, 3.05) is 6.54 Å². The van der Waals surface area contributed by atoms with Gasteiger partial charge in [0, 0.05) is 24.8 Å². The molecule has 0 saturated heterocycles. The van der Waals surface area contributed by atoms with Gasteiger partial charge in [0.05, 0.1) is 0 Å². The fourth-order valence-electron chi connectivity index (χ4n) is 2.43. The molecular weight excluding hydrogens is 215 g/mol. The van der Waals surface area contributed by atoms with E-state index in [-0.39, 0.29) is 19.4 Å². The minimum Gasteiger partial charge on any atom is -0.330 e. The van der Waals surface area contributed by atoms with E-state index in [1.54, 1.807) is 19.1 Å². The van der Waals surface area contributed by atoms with Crippen LogP contribution in [0.25, 0.3) is 0 Å². The quantitative estimate of drug-likeness (QED) is 0.829. The molecule has 2 N–H and O–H groups in total. The Morgan fingerprint density at radius 1 is 1.31 bits per heavy atom. The molecule has 0 heterocycles. The molecule has 0 atom stereocenters. The fourth-order valence-corrected chi connectivity index (χ4v) is 2.43. The van der Waals surface area contributed by atoms with Crippen molar-refractivity contribution in [3.63, 3.8) is 0 Å². The smallest absolute Gasteiger partial charge is 0.250 e. The van der Waals surface area contributed by atoms with E-state index < -0.39 is 17.2 Å². The summed E-state index contributed by atoms with van der Waals surface area (Å²) in [5.41, 5.74) is 5.76. The lowest BCUT2D eigenvalue weighted by Crippen LogP contribution is -2.54. The van der Waals surface area contributed by atoms with Gasteiger partial charge in [-0.05, 0) is 24.1 Å². The van der Waals surface area contributed by atoms with E-state index in [0.29, 0.717) is 5.56 Å².